The molecule has 27 heavy (non-hydrogen) atoms. The van der Waals surface area contributed by atoms with Crippen molar-refractivity contribution in [3.8, 4) is 12.3 Å². The number of carbonyl (C=O) groups excluding carboxylic acids is 1. The van der Waals surface area contributed by atoms with Crippen LogP contribution < -0.4 is 0 Å². The van der Waals surface area contributed by atoms with Crippen LogP contribution in [0.2, 0.25) is 0 Å². The molecule has 0 aromatic rings. The van der Waals surface area contributed by atoms with Gasteiger partial charge in [-0.3, -0.25) is 9.35 Å². The number of carbonyl (C=O) groups is 1. The normalized spacial score (nSPS) is 43.3. The summed E-state index contributed by atoms with van der Waals surface area (Å²) in [5, 5.41) is 0. The zero-order valence-corrected chi connectivity index (χ0v) is 16.4. The summed E-state index contributed by atoms with van der Waals surface area (Å²) in [5.74, 6) is 4.28. The maximum atomic E-state index is 11.8. The fraction of sp³-hybridized carbons (Fsp3) is 0.667. The Labute approximate surface area is 161 Å². The van der Waals surface area contributed by atoms with E-state index in [4.69, 9.17) is 10.6 Å². The third-order valence-corrected chi connectivity index (χ3v) is 8.21. The molecule has 0 unspecified atom stereocenters. The Hall–Kier alpha value is -1.42. The molecule has 0 aliphatic heterocycles. The van der Waals surface area contributed by atoms with Crippen LogP contribution in [0, 0.1) is 41.4 Å². The van der Waals surface area contributed by atoms with E-state index in [0.29, 0.717) is 30.6 Å². The number of ketones is 1. The lowest BCUT2D eigenvalue weighted by atomic mass is 9.49. The lowest BCUT2D eigenvalue weighted by Crippen LogP contribution is -2.55. The minimum Gasteiger partial charge on any atom is -0.295 e. The average molecular weight is 391 g/mol. The first-order valence-electron chi connectivity index (χ1n) is 9.84. The zero-order valence-electron chi connectivity index (χ0n) is 15.6. The van der Waals surface area contributed by atoms with Crippen LogP contribution in [0.25, 0.3) is 0 Å². The van der Waals surface area contributed by atoms with Gasteiger partial charge in [0.1, 0.15) is 0 Å². The Kier molecular flexibility index (Phi) is 4.41. The number of hydrogen-bond donors (Lipinski definition) is 1. The first kappa shape index (κ1) is 18.9. The average Bonchev–Trinajstić information content (AvgIpc) is 2.94. The van der Waals surface area contributed by atoms with Crippen molar-refractivity contribution >= 4 is 16.2 Å². The molecule has 4 rings (SSSR count). The molecule has 1 N–H and O–H groups in total. The molecule has 146 valence electrons. The van der Waals surface area contributed by atoms with Crippen LogP contribution >= 0.6 is 0 Å². The summed E-state index contributed by atoms with van der Waals surface area (Å²) in [6.45, 7) is 2.02. The fourth-order valence-corrected chi connectivity index (χ4v) is 7.26. The lowest BCUT2D eigenvalue weighted by molar-refractivity contribution is -0.116. The monoisotopic (exact) mass is 390 g/mol. The van der Waals surface area contributed by atoms with E-state index in [1.54, 1.807) is 6.08 Å². The van der Waals surface area contributed by atoms with Crippen molar-refractivity contribution in [1.29, 1.82) is 0 Å². The smallest absolute Gasteiger partial charge is 0.295 e. The quantitative estimate of drug-likeness (QED) is 0.453. The first-order chi connectivity index (χ1) is 12.8. The third-order valence-electron chi connectivity index (χ3n) is 7.74. The second-order valence-electron chi connectivity index (χ2n) is 8.52. The van der Waals surface area contributed by atoms with E-state index in [9.17, 15) is 17.8 Å². The van der Waals surface area contributed by atoms with E-state index in [1.165, 1.54) is 5.57 Å². The van der Waals surface area contributed by atoms with E-state index < -0.39 is 21.4 Å². The highest BCUT2D eigenvalue weighted by Crippen LogP contribution is 2.64. The summed E-state index contributed by atoms with van der Waals surface area (Å²) in [6.07, 6.45) is 17.2. The second kappa shape index (κ2) is 6.30. The van der Waals surface area contributed by atoms with Crippen molar-refractivity contribution in [3.05, 3.63) is 23.8 Å². The summed E-state index contributed by atoms with van der Waals surface area (Å²) >= 11 is 0. The first-order valence-corrected chi connectivity index (χ1v) is 11.2. The van der Waals surface area contributed by atoms with E-state index in [1.807, 2.05) is 19.1 Å². The molecular weight excluding hydrogens is 364 g/mol. The molecule has 4 aliphatic carbocycles. The van der Waals surface area contributed by atoms with Gasteiger partial charge in [-0.05, 0) is 74.3 Å². The molecule has 0 amide bonds. The van der Waals surface area contributed by atoms with Gasteiger partial charge in [0, 0.05) is 11.8 Å². The van der Waals surface area contributed by atoms with Gasteiger partial charge in [-0.1, -0.05) is 24.5 Å². The summed E-state index contributed by atoms with van der Waals surface area (Å²) in [4.78, 5) is 11.8. The molecule has 6 heteroatoms. The molecule has 0 aromatic heterocycles. The van der Waals surface area contributed by atoms with Crippen molar-refractivity contribution in [1.82, 2.24) is 0 Å². The number of fused-ring (bicyclic) bond motifs is 5. The lowest BCUT2D eigenvalue weighted by Gasteiger charge is -2.56. The number of terminal acetylenes is 1. The Balaban J connectivity index is 1.70. The van der Waals surface area contributed by atoms with Gasteiger partial charge in [0.2, 0.25) is 0 Å². The predicted octanol–water partition coefficient (Wildman–Crippen LogP) is 3.49. The fourth-order valence-electron chi connectivity index (χ4n) is 6.66. The van der Waals surface area contributed by atoms with Gasteiger partial charge in [0.25, 0.3) is 0 Å². The topological polar surface area (TPSA) is 80.7 Å². The van der Waals surface area contributed by atoms with Gasteiger partial charge < -0.3 is 0 Å². The van der Waals surface area contributed by atoms with Crippen LogP contribution in [-0.2, 0) is 19.4 Å². The van der Waals surface area contributed by atoms with Crippen molar-refractivity contribution < 1.29 is 21.9 Å². The molecule has 0 radical (unpaired) electrons. The van der Waals surface area contributed by atoms with E-state index in [0.717, 1.165) is 32.1 Å². The van der Waals surface area contributed by atoms with Crippen LogP contribution in [0.5, 0.6) is 0 Å². The molecule has 0 saturated heterocycles. The molecular formula is C21H26O5S. The largest absolute Gasteiger partial charge is 0.399 e. The van der Waals surface area contributed by atoms with Crippen LogP contribution in [-0.4, -0.2) is 24.4 Å². The zero-order chi connectivity index (χ0) is 19.4. The van der Waals surface area contributed by atoms with Crippen molar-refractivity contribution in [2.45, 2.75) is 57.5 Å². The summed E-state index contributed by atoms with van der Waals surface area (Å²) in [5.41, 5.74) is -0.649. The minimum atomic E-state index is -4.67. The number of hydrogen-bond acceptors (Lipinski definition) is 4. The second-order valence-corrected chi connectivity index (χ2v) is 9.54. The Morgan fingerprint density at radius 3 is 2.74 bits per heavy atom. The standard InChI is InChI=1S/C21H26O5S/c1-3-20-11-9-17-16-8-6-15(22)13-14(16)5-7-18(17)19(20)10-12-21(20,4-2)26-27(23,24)25/h2,10,12-13,16-19H,3,5-9,11H2,1H3,(H,23,24,25)/t16-,17+,18+,19-,20-,21-/m0/s1. The molecule has 2 saturated carbocycles. The minimum absolute atomic E-state index is 0.123. The molecule has 0 heterocycles. The highest BCUT2D eigenvalue weighted by molar-refractivity contribution is 7.81. The van der Waals surface area contributed by atoms with Crippen molar-refractivity contribution in [2.24, 2.45) is 29.1 Å². The maximum absolute atomic E-state index is 11.8. The van der Waals surface area contributed by atoms with E-state index in [2.05, 4.69) is 5.92 Å². The van der Waals surface area contributed by atoms with E-state index >= 15 is 0 Å². The molecule has 4 aliphatic rings. The van der Waals surface area contributed by atoms with Crippen molar-refractivity contribution in [2.75, 3.05) is 0 Å². The highest BCUT2D eigenvalue weighted by Gasteiger charge is 2.63. The van der Waals surface area contributed by atoms with Crippen molar-refractivity contribution in [3.63, 3.8) is 0 Å². The van der Waals surface area contributed by atoms with Crippen LogP contribution in [0.4, 0.5) is 0 Å². The molecule has 2 fully saturated rings. The number of rotatable bonds is 3. The Bertz CT molecular complexity index is 863. The van der Waals surface area contributed by atoms with E-state index in [-0.39, 0.29) is 11.7 Å². The predicted molar refractivity (Wildman–Crippen MR) is 101 cm³/mol. The third kappa shape index (κ3) is 2.74. The summed E-state index contributed by atoms with van der Waals surface area (Å²) in [6, 6.07) is 0. The summed E-state index contributed by atoms with van der Waals surface area (Å²) < 4.78 is 37.6. The molecule has 5 nitrogen and oxygen atoms in total. The van der Waals surface area contributed by atoms with Gasteiger partial charge in [-0.2, -0.15) is 8.42 Å². The molecule has 6 atom stereocenters. The highest BCUT2D eigenvalue weighted by atomic mass is 32.3. The van der Waals surface area contributed by atoms with Gasteiger partial charge in [0.15, 0.2) is 11.4 Å². The van der Waals surface area contributed by atoms with Gasteiger partial charge in [0.05, 0.1) is 0 Å². The molecule has 0 bridgehead atoms. The molecule has 0 aromatic carbocycles. The Morgan fingerprint density at radius 1 is 1.30 bits per heavy atom. The van der Waals surface area contributed by atoms with Crippen LogP contribution in [0.15, 0.2) is 23.8 Å². The molecule has 0 spiro atoms. The van der Waals surface area contributed by atoms with Crippen LogP contribution in [0.3, 0.4) is 0 Å². The van der Waals surface area contributed by atoms with Gasteiger partial charge in [-0.25, -0.2) is 4.18 Å². The maximum Gasteiger partial charge on any atom is 0.399 e. The van der Waals surface area contributed by atoms with Gasteiger partial charge >= 0.3 is 10.4 Å². The van der Waals surface area contributed by atoms with Crippen LogP contribution in [0.1, 0.15) is 51.9 Å². The Morgan fingerprint density at radius 2 is 2.07 bits per heavy atom. The van der Waals surface area contributed by atoms with Gasteiger partial charge in [-0.15, -0.1) is 6.42 Å². The summed E-state index contributed by atoms with van der Waals surface area (Å²) in [7, 11) is -4.67. The number of allylic oxidation sites excluding steroid dienone is 3. The SMILES string of the molecule is C#C[C@]1(OS(=O)(=O)O)C=C[C@H]2[C@@H]3CCC4=CC(=O)CC[C@@H]4[C@H]3CC[C@@]21CC.